The predicted molar refractivity (Wildman–Crippen MR) is 85.5 cm³/mol. The highest BCUT2D eigenvalue weighted by Gasteiger charge is 2.35. The van der Waals surface area contributed by atoms with Crippen molar-refractivity contribution >= 4 is 30.6 Å². The average Bonchev–Trinajstić information content (AvgIpc) is 2.84. The Labute approximate surface area is 135 Å². The van der Waals surface area contributed by atoms with Crippen LogP contribution in [0, 0.1) is 0 Å². The molecule has 9 heteroatoms. The fraction of sp³-hybridized carbons (Fsp3) is 0.615. The number of carbonyl (C=O) groups is 2. The van der Waals surface area contributed by atoms with Crippen LogP contribution in [0.5, 0.6) is 0 Å². The van der Waals surface area contributed by atoms with E-state index in [1.807, 2.05) is 0 Å². The van der Waals surface area contributed by atoms with Gasteiger partial charge in [-0.15, -0.1) is 0 Å². The molecule has 1 heterocycles. The number of hydrogen-bond acceptors (Lipinski definition) is 6. The van der Waals surface area contributed by atoms with E-state index in [0.717, 1.165) is 0 Å². The molecule has 1 saturated heterocycles. The van der Waals surface area contributed by atoms with Crippen LogP contribution in [0.2, 0.25) is 0 Å². The molecule has 0 radical (unpaired) electrons. The predicted octanol–water partition coefficient (Wildman–Crippen LogP) is 1.13. The molecule has 0 bridgehead atoms. The van der Waals surface area contributed by atoms with Gasteiger partial charge in [-0.25, -0.2) is 9.59 Å². The van der Waals surface area contributed by atoms with Gasteiger partial charge in [-0.3, -0.25) is 5.32 Å². The minimum absolute atomic E-state index is 0.00535. The van der Waals surface area contributed by atoms with Crippen molar-refractivity contribution in [2.75, 3.05) is 27.2 Å². The number of rotatable bonds is 4. The Morgan fingerprint density at radius 3 is 2.82 bits per heavy atom. The number of nitrogens with one attached hydrogen (secondary N) is 1. The summed E-state index contributed by atoms with van der Waals surface area (Å²) >= 11 is 4.38. The summed E-state index contributed by atoms with van der Waals surface area (Å²) in [5.74, 6) is 0.0904. The maximum atomic E-state index is 12.0. The lowest BCUT2D eigenvalue weighted by Crippen LogP contribution is -2.43. The van der Waals surface area contributed by atoms with E-state index < -0.39 is 12.1 Å². The van der Waals surface area contributed by atoms with Gasteiger partial charge in [-0.2, -0.15) is 12.6 Å². The summed E-state index contributed by atoms with van der Waals surface area (Å²) < 4.78 is 5.03. The molecule has 8 nitrogen and oxygen atoms in total. The van der Waals surface area contributed by atoms with E-state index in [9.17, 15) is 9.59 Å². The standard InChI is InChI=1S/C13H22N4O4S/c1-4-5-21-13(19)17-8-10(22)6-9(17)7-11(15-20)14-12(18)16(2)3/h4,9-10,20,22H,1,5-8H2,2-3H3,(H,14,15,18)/t9-,10-/m0/s1. The highest BCUT2D eigenvalue weighted by molar-refractivity contribution is 7.81. The molecule has 2 N–H and O–H groups in total. The molecule has 0 aromatic heterocycles. The molecule has 22 heavy (non-hydrogen) atoms. The summed E-state index contributed by atoms with van der Waals surface area (Å²) in [5.41, 5.74) is 0. The van der Waals surface area contributed by atoms with Gasteiger partial charge in [0, 0.05) is 38.4 Å². The van der Waals surface area contributed by atoms with Gasteiger partial charge in [0.05, 0.1) is 0 Å². The smallest absolute Gasteiger partial charge is 0.410 e. The minimum atomic E-state index is -0.474. The molecule has 0 unspecified atom stereocenters. The fourth-order valence-corrected chi connectivity index (χ4v) is 2.52. The second kappa shape index (κ2) is 8.52. The minimum Gasteiger partial charge on any atom is -0.445 e. The van der Waals surface area contributed by atoms with Crippen LogP contribution in [0.4, 0.5) is 9.59 Å². The first kappa shape index (κ1) is 18.1. The number of ether oxygens (including phenoxy) is 1. The van der Waals surface area contributed by atoms with Crippen LogP contribution < -0.4 is 5.32 Å². The summed E-state index contributed by atoms with van der Waals surface area (Å²) in [6.45, 7) is 4.05. The van der Waals surface area contributed by atoms with E-state index in [2.05, 4.69) is 29.7 Å². The third-order valence-corrected chi connectivity index (χ3v) is 3.53. The van der Waals surface area contributed by atoms with Gasteiger partial charge < -0.3 is 19.7 Å². The maximum absolute atomic E-state index is 12.0. The van der Waals surface area contributed by atoms with E-state index in [4.69, 9.17) is 9.94 Å². The van der Waals surface area contributed by atoms with Gasteiger partial charge in [-0.05, 0) is 6.42 Å². The molecule has 2 atom stereocenters. The van der Waals surface area contributed by atoms with Crippen molar-refractivity contribution in [3.63, 3.8) is 0 Å². The quantitative estimate of drug-likeness (QED) is 0.180. The van der Waals surface area contributed by atoms with Crippen LogP contribution in [0.1, 0.15) is 12.8 Å². The van der Waals surface area contributed by atoms with Crippen molar-refractivity contribution in [2.24, 2.45) is 5.16 Å². The summed E-state index contributed by atoms with van der Waals surface area (Å²) in [5, 5.41) is 14.6. The Morgan fingerprint density at radius 2 is 2.27 bits per heavy atom. The molecular formula is C13H22N4O4S. The third-order valence-electron chi connectivity index (χ3n) is 3.16. The van der Waals surface area contributed by atoms with Crippen LogP contribution in [0.25, 0.3) is 0 Å². The van der Waals surface area contributed by atoms with Crippen molar-refractivity contribution in [1.82, 2.24) is 15.1 Å². The Hall–Kier alpha value is -1.90. The molecule has 0 spiro atoms. The largest absolute Gasteiger partial charge is 0.445 e. The van der Waals surface area contributed by atoms with E-state index in [1.54, 1.807) is 14.1 Å². The van der Waals surface area contributed by atoms with Gasteiger partial charge in [0.15, 0.2) is 5.84 Å². The van der Waals surface area contributed by atoms with E-state index >= 15 is 0 Å². The number of thiol groups is 1. The lowest BCUT2D eigenvalue weighted by molar-refractivity contribution is 0.109. The van der Waals surface area contributed by atoms with Crippen LogP contribution in [0.3, 0.4) is 0 Å². The molecule has 0 saturated carbocycles. The number of hydrogen-bond donors (Lipinski definition) is 3. The molecule has 0 aromatic rings. The molecule has 1 aliphatic rings. The SMILES string of the molecule is C=CCOC(=O)N1C[C@@H](S)C[C@H]1C/C(=N/O)NC(=O)N(C)C. The number of urea groups is 1. The number of likely N-dealkylation sites (tertiary alicyclic amines) is 1. The highest BCUT2D eigenvalue weighted by Crippen LogP contribution is 2.25. The average molecular weight is 330 g/mol. The van der Waals surface area contributed by atoms with Gasteiger partial charge in [0.2, 0.25) is 0 Å². The first-order valence-electron chi connectivity index (χ1n) is 6.80. The van der Waals surface area contributed by atoms with Crippen molar-refractivity contribution in [2.45, 2.75) is 24.1 Å². The van der Waals surface area contributed by atoms with Crippen molar-refractivity contribution < 1.29 is 19.5 Å². The monoisotopic (exact) mass is 330 g/mol. The topological polar surface area (TPSA) is 94.5 Å². The Kier molecular flexibility index (Phi) is 7.03. The van der Waals surface area contributed by atoms with Gasteiger partial charge in [0.1, 0.15) is 6.61 Å². The number of carbonyl (C=O) groups excluding carboxylic acids is 2. The van der Waals surface area contributed by atoms with Crippen LogP contribution in [0.15, 0.2) is 17.8 Å². The highest BCUT2D eigenvalue weighted by atomic mass is 32.1. The number of amides is 3. The number of nitrogens with zero attached hydrogens (tertiary/aromatic N) is 3. The normalized spacial score (nSPS) is 21.4. The lowest BCUT2D eigenvalue weighted by Gasteiger charge is -2.24. The van der Waals surface area contributed by atoms with Crippen molar-refractivity contribution in [3.05, 3.63) is 12.7 Å². The van der Waals surface area contributed by atoms with Gasteiger partial charge in [0.25, 0.3) is 0 Å². The first-order chi connectivity index (χ1) is 10.4. The Morgan fingerprint density at radius 1 is 1.59 bits per heavy atom. The van der Waals surface area contributed by atoms with E-state index in [0.29, 0.717) is 13.0 Å². The molecule has 0 aliphatic carbocycles. The van der Waals surface area contributed by atoms with E-state index in [-0.39, 0.29) is 30.2 Å². The summed E-state index contributed by atoms with van der Waals surface area (Å²) in [4.78, 5) is 26.4. The summed E-state index contributed by atoms with van der Waals surface area (Å²) in [6.07, 6.45) is 1.83. The second-order valence-electron chi connectivity index (χ2n) is 5.14. The summed E-state index contributed by atoms with van der Waals surface area (Å²) in [6, 6.07) is -0.665. The van der Waals surface area contributed by atoms with E-state index in [1.165, 1.54) is 15.9 Å². The zero-order valence-electron chi connectivity index (χ0n) is 12.7. The molecule has 0 aromatic carbocycles. The third kappa shape index (κ3) is 5.14. The molecule has 1 fully saturated rings. The molecular weight excluding hydrogens is 308 g/mol. The zero-order valence-corrected chi connectivity index (χ0v) is 13.6. The molecule has 1 rings (SSSR count). The van der Waals surface area contributed by atoms with Crippen LogP contribution in [-0.4, -0.2) is 71.5 Å². The fourth-order valence-electron chi connectivity index (χ4n) is 2.10. The number of amidine groups is 1. The Balaban J connectivity index is 2.69. The molecule has 3 amide bonds. The first-order valence-corrected chi connectivity index (χ1v) is 7.32. The van der Waals surface area contributed by atoms with Gasteiger partial charge in [-0.1, -0.05) is 17.8 Å². The van der Waals surface area contributed by atoms with Crippen LogP contribution >= 0.6 is 12.6 Å². The van der Waals surface area contributed by atoms with Crippen molar-refractivity contribution in [1.29, 1.82) is 0 Å². The molecule has 124 valence electrons. The zero-order chi connectivity index (χ0) is 16.7. The maximum Gasteiger partial charge on any atom is 0.410 e. The lowest BCUT2D eigenvalue weighted by atomic mass is 10.1. The van der Waals surface area contributed by atoms with Gasteiger partial charge >= 0.3 is 12.1 Å². The number of oxime groups is 1. The Bertz CT molecular complexity index is 455. The second-order valence-corrected chi connectivity index (χ2v) is 5.87. The molecule has 1 aliphatic heterocycles. The van der Waals surface area contributed by atoms with Crippen molar-refractivity contribution in [3.8, 4) is 0 Å². The summed E-state index contributed by atoms with van der Waals surface area (Å²) in [7, 11) is 3.14. The van der Waals surface area contributed by atoms with Crippen LogP contribution in [-0.2, 0) is 4.74 Å².